The van der Waals surface area contributed by atoms with Crippen molar-refractivity contribution in [3.63, 3.8) is 0 Å². The van der Waals surface area contributed by atoms with Crippen molar-refractivity contribution in [3.8, 4) is 5.75 Å². The average molecular weight is 416 g/mol. The maximum atomic E-state index is 12.7. The van der Waals surface area contributed by atoms with Crippen molar-refractivity contribution in [2.75, 3.05) is 18.4 Å². The van der Waals surface area contributed by atoms with E-state index in [0.29, 0.717) is 19.6 Å². The van der Waals surface area contributed by atoms with Gasteiger partial charge in [-0.15, -0.1) is 0 Å². The number of anilines is 1. The molecule has 8 heteroatoms. The molecule has 2 aromatic carbocycles. The Kier molecular flexibility index (Phi) is 6.24. The number of aryl methyl sites for hydroxylation is 1. The molecule has 0 spiro atoms. The van der Waals surface area contributed by atoms with Crippen molar-refractivity contribution in [3.05, 3.63) is 54.7 Å². The predicted molar refractivity (Wildman–Crippen MR) is 113 cm³/mol. The summed E-state index contributed by atoms with van der Waals surface area (Å²) in [7, 11) is -3.68. The number of hydrogen-bond acceptors (Lipinski definition) is 4. The molecule has 29 heavy (non-hydrogen) atoms. The first kappa shape index (κ1) is 20.9. The molecule has 7 nitrogen and oxygen atoms in total. The molecule has 0 fully saturated rings. The van der Waals surface area contributed by atoms with Crippen LogP contribution in [0.25, 0.3) is 10.9 Å². The lowest BCUT2D eigenvalue weighted by molar-refractivity contribution is -0.116. The van der Waals surface area contributed by atoms with Crippen molar-refractivity contribution >= 4 is 32.5 Å². The number of sulfonamides is 1. The molecule has 3 aromatic rings. The Hall–Kier alpha value is -2.84. The number of nitrogens with one attached hydrogen (secondary N) is 1. The summed E-state index contributed by atoms with van der Waals surface area (Å²) in [4.78, 5) is 12.4. The molecule has 0 saturated heterocycles. The molecule has 0 aliphatic rings. The van der Waals surface area contributed by atoms with E-state index in [1.54, 1.807) is 13.8 Å². The molecular weight excluding hydrogens is 390 g/mol. The summed E-state index contributed by atoms with van der Waals surface area (Å²) in [6.45, 7) is 4.67. The monoisotopic (exact) mass is 415 g/mol. The number of phenols is 1. The molecule has 3 rings (SSSR count). The van der Waals surface area contributed by atoms with Crippen LogP contribution < -0.4 is 5.32 Å². The summed E-state index contributed by atoms with van der Waals surface area (Å²) >= 11 is 0. The predicted octanol–water partition coefficient (Wildman–Crippen LogP) is 3.41. The van der Waals surface area contributed by atoms with Crippen LogP contribution in [-0.2, 0) is 21.4 Å². The normalized spacial score (nSPS) is 11.8. The summed E-state index contributed by atoms with van der Waals surface area (Å²) in [6.07, 6.45) is 2.11. The van der Waals surface area contributed by atoms with Crippen LogP contribution in [-0.4, -0.2) is 41.4 Å². The van der Waals surface area contributed by atoms with Gasteiger partial charge in [-0.05, 0) is 35.7 Å². The van der Waals surface area contributed by atoms with Crippen molar-refractivity contribution in [2.24, 2.45) is 0 Å². The Labute approximate surface area is 170 Å². The summed E-state index contributed by atoms with van der Waals surface area (Å²) in [5.41, 5.74) is 1.12. The minimum absolute atomic E-state index is 0.0331. The van der Waals surface area contributed by atoms with Crippen LogP contribution in [0.3, 0.4) is 0 Å². The van der Waals surface area contributed by atoms with Gasteiger partial charge in [0.05, 0.1) is 10.6 Å². The maximum absolute atomic E-state index is 12.7. The summed E-state index contributed by atoms with van der Waals surface area (Å²) in [5.74, 6) is -0.487. The Morgan fingerprint density at radius 2 is 1.83 bits per heavy atom. The van der Waals surface area contributed by atoms with Crippen molar-refractivity contribution < 1.29 is 18.3 Å². The number of amides is 1. The largest absolute Gasteiger partial charge is 0.506 e. The van der Waals surface area contributed by atoms with Gasteiger partial charge in [0.25, 0.3) is 0 Å². The first-order valence-corrected chi connectivity index (χ1v) is 11.0. The summed E-state index contributed by atoms with van der Waals surface area (Å²) in [6, 6.07) is 13.8. The van der Waals surface area contributed by atoms with E-state index in [0.717, 1.165) is 10.9 Å². The van der Waals surface area contributed by atoms with Crippen LogP contribution in [0.15, 0.2) is 59.6 Å². The van der Waals surface area contributed by atoms with Gasteiger partial charge in [-0.25, -0.2) is 8.42 Å². The average Bonchev–Trinajstić information content (AvgIpc) is 3.12. The highest BCUT2D eigenvalue weighted by Crippen LogP contribution is 2.28. The van der Waals surface area contributed by atoms with Crippen LogP contribution in [0, 0.1) is 0 Å². The molecule has 0 unspecified atom stereocenters. The van der Waals surface area contributed by atoms with Crippen molar-refractivity contribution in [1.29, 1.82) is 0 Å². The zero-order valence-electron chi connectivity index (χ0n) is 16.5. The third-order valence-electron chi connectivity index (χ3n) is 4.85. The van der Waals surface area contributed by atoms with E-state index in [-0.39, 0.29) is 28.7 Å². The zero-order chi connectivity index (χ0) is 21.0. The smallest absolute Gasteiger partial charge is 0.243 e. The second-order valence-corrected chi connectivity index (χ2v) is 8.57. The standard InChI is InChI=1S/C21H25N3O4S/c1-3-24(4-2)29(27,28)17-9-10-20(25)18(15-17)22-21(26)12-14-23-13-11-16-7-5-6-8-19(16)23/h5-11,13,15,25H,3-4,12,14H2,1-2H3,(H,22,26). The minimum atomic E-state index is -3.68. The van der Waals surface area contributed by atoms with E-state index in [1.165, 1.54) is 22.5 Å². The van der Waals surface area contributed by atoms with Gasteiger partial charge in [0.1, 0.15) is 5.75 Å². The van der Waals surface area contributed by atoms with Gasteiger partial charge in [0.2, 0.25) is 15.9 Å². The number of carbonyl (C=O) groups excluding carboxylic acids is 1. The molecule has 0 aliphatic carbocycles. The van der Waals surface area contributed by atoms with E-state index in [4.69, 9.17) is 0 Å². The highest BCUT2D eigenvalue weighted by atomic mass is 32.2. The first-order chi connectivity index (χ1) is 13.9. The van der Waals surface area contributed by atoms with E-state index in [2.05, 4.69) is 5.32 Å². The lowest BCUT2D eigenvalue weighted by atomic mass is 10.2. The fourth-order valence-electron chi connectivity index (χ4n) is 3.26. The molecule has 0 aliphatic heterocycles. The van der Waals surface area contributed by atoms with Crippen molar-refractivity contribution in [2.45, 2.75) is 31.7 Å². The Morgan fingerprint density at radius 1 is 1.10 bits per heavy atom. The van der Waals surface area contributed by atoms with E-state index >= 15 is 0 Å². The van der Waals surface area contributed by atoms with Crippen LogP contribution in [0.5, 0.6) is 5.75 Å². The van der Waals surface area contributed by atoms with Crippen LogP contribution >= 0.6 is 0 Å². The van der Waals surface area contributed by atoms with E-state index in [1.807, 2.05) is 41.1 Å². The van der Waals surface area contributed by atoms with Gasteiger partial charge in [-0.3, -0.25) is 4.79 Å². The highest BCUT2D eigenvalue weighted by Gasteiger charge is 2.23. The molecular formula is C21H25N3O4S. The molecule has 1 aromatic heterocycles. The van der Waals surface area contributed by atoms with Crippen LogP contribution in [0.4, 0.5) is 5.69 Å². The number of para-hydroxylation sites is 1. The number of aromatic nitrogens is 1. The van der Waals surface area contributed by atoms with Gasteiger partial charge >= 0.3 is 0 Å². The van der Waals surface area contributed by atoms with Gasteiger partial charge in [-0.1, -0.05) is 32.0 Å². The molecule has 0 saturated carbocycles. The Balaban J connectivity index is 1.73. The second-order valence-electron chi connectivity index (χ2n) is 6.63. The summed E-state index contributed by atoms with van der Waals surface area (Å²) < 4.78 is 28.7. The third kappa shape index (κ3) is 4.44. The topological polar surface area (TPSA) is 91.6 Å². The molecule has 154 valence electrons. The quantitative estimate of drug-likeness (QED) is 0.552. The Morgan fingerprint density at radius 3 is 2.55 bits per heavy atom. The fraction of sp³-hybridized carbons (Fsp3) is 0.286. The third-order valence-corrected chi connectivity index (χ3v) is 6.89. The number of benzene rings is 2. The molecule has 0 bridgehead atoms. The van der Waals surface area contributed by atoms with Gasteiger partial charge in [-0.2, -0.15) is 4.31 Å². The molecule has 1 heterocycles. The molecule has 1 amide bonds. The van der Waals surface area contributed by atoms with E-state index in [9.17, 15) is 18.3 Å². The van der Waals surface area contributed by atoms with Crippen molar-refractivity contribution in [1.82, 2.24) is 8.87 Å². The Bertz CT molecular complexity index is 1120. The number of rotatable bonds is 8. The van der Waals surface area contributed by atoms with E-state index < -0.39 is 10.0 Å². The molecule has 0 atom stereocenters. The molecule has 0 radical (unpaired) electrons. The van der Waals surface area contributed by atoms with Gasteiger partial charge in [0, 0.05) is 37.8 Å². The van der Waals surface area contributed by atoms with Gasteiger partial charge < -0.3 is 15.0 Å². The number of aromatic hydroxyl groups is 1. The van der Waals surface area contributed by atoms with Crippen LogP contribution in [0.2, 0.25) is 0 Å². The number of phenolic OH excluding ortho intramolecular Hbond substituents is 1. The summed E-state index contributed by atoms with van der Waals surface area (Å²) in [5, 5.41) is 13.8. The lowest BCUT2D eigenvalue weighted by Crippen LogP contribution is -2.30. The van der Waals surface area contributed by atoms with Gasteiger partial charge in [0.15, 0.2) is 0 Å². The number of carbonyl (C=O) groups is 1. The SMILES string of the molecule is CCN(CC)S(=O)(=O)c1ccc(O)c(NC(=O)CCn2ccc3ccccc32)c1. The van der Waals surface area contributed by atoms with Crippen LogP contribution in [0.1, 0.15) is 20.3 Å². The number of nitrogens with zero attached hydrogens (tertiary/aromatic N) is 2. The molecule has 2 N–H and O–H groups in total. The minimum Gasteiger partial charge on any atom is -0.506 e. The second kappa shape index (κ2) is 8.67. The zero-order valence-corrected chi connectivity index (χ0v) is 17.3. The maximum Gasteiger partial charge on any atom is 0.243 e. The highest BCUT2D eigenvalue weighted by molar-refractivity contribution is 7.89. The number of hydrogen-bond donors (Lipinski definition) is 2. The lowest BCUT2D eigenvalue weighted by Gasteiger charge is -2.19. The fourth-order valence-corrected chi connectivity index (χ4v) is 4.74. The first-order valence-electron chi connectivity index (χ1n) is 9.53. The number of fused-ring (bicyclic) bond motifs is 1.